The van der Waals surface area contributed by atoms with Gasteiger partial charge in [0.1, 0.15) is 6.04 Å². The second-order valence-corrected chi connectivity index (χ2v) is 3.16. The van der Waals surface area contributed by atoms with E-state index < -0.39 is 5.60 Å². The molecule has 0 bridgehead atoms. The summed E-state index contributed by atoms with van der Waals surface area (Å²) in [6.07, 6.45) is 0.430. The molecule has 1 unspecified atom stereocenters. The van der Waals surface area contributed by atoms with Crippen molar-refractivity contribution >= 4 is 5.97 Å². The third kappa shape index (κ3) is 1.91. The molecule has 64 valence electrons. The Balaban J connectivity index is 2.48. The van der Waals surface area contributed by atoms with Crippen LogP contribution in [0.4, 0.5) is 0 Å². The zero-order valence-corrected chi connectivity index (χ0v) is 6.76. The molecular weight excluding hydrogens is 146 g/mol. The van der Waals surface area contributed by atoms with Gasteiger partial charge in [0.25, 0.3) is 0 Å². The number of methoxy groups -OCH3 is 1. The van der Waals surface area contributed by atoms with Gasteiger partial charge in [-0.15, -0.1) is 0 Å². The topological polar surface area (TPSA) is 58.6 Å². The highest BCUT2D eigenvalue weighted by Crippen LogP contribution is 2.18. The lowest BCUT2D eigenvalue weighted by atomic mass is 10.0. The van der Waals surface area contributed by atoms with Crippen LogP contribution in [0.1, 0.15) is 13.3 Å². The van der Waals surface area contributed by atoms with E-state index in [1.54, 1.807) is 6.92 Å². The molecule has 1 aliphatic heterocycles. The predicted molar refractivity (Wildman–Crippen MR) is 39.0 cm³/mol. The van der Waals surface area contributed by atoms with Crippen LogP contribution in [0.5, 0.6) is 0 Å². The molecule has 1 heterocycles. The van der Waals surface area contributed by atoms with Gasteiger partial charge in [-0.25, -0.2) is 0 Å². The Kier molecular flexibility index (Phi) is 2.15. The molecule has 4 heteroatoms. The van der Waals surface area contributed by atoms with Gasteiger partial charge in [-0.2, -0.15) is 0 Å². The molecule has 0 aromatic heterocycles. The van der Waals surface area contributed by atoms with Gasteiger partial charge in [0.05, 0.1) is 12.7 Å². The van der Waals surface area contributed by atoms with Gasteiger partial charge < -0.3 is 15.2 Å². The maximum Gasteiger partial charge on any atom is 0.322 e. The molecule has 0 aromatic carbocycles. The molecule has 0 amide bonds. The van der Waals surface area contributed by atoms with E-state index in [2.05, 4.69) is 10.1 Å². The van der Waals surface area contributed by atoms with E-state index in [0.29, 0.717) is 13.0 Å². The molecule has 0 aromatic rings. The standard InChI is InChI=1S/C7H13NO3/c1-7(10)3-5(8-4-7)6(9)11-2/h5,8,10H,3-4H2,1-2H3/t5-,7?/m0/s1. The Labute approximate surface area is 65.5 Å². The maximum atomic E-state index is 10.9. The number of hydrogen-bond donors (Lipinski definition) is 2. The van der Waals surface area contributed by atoms with E-state index in [0.717, 1.165) is 0 Å². The highest BCUT2D eigenvalue weighted by Gasteiger charge is 2.36. The SMILES string of the molecule is COC(=O)[C@@H]1CC(C)(O)CN1. The number of β-amino-alcohol motifs (C(OH)–C–C–N with tert-alkyl or cyclic N) is 1. The lowest BCUT2D eigenvalue weighted by Gasteiger charge is -2.13. The normalized spacial score (nSPS) is 37.2. The largest absolute Gasteiger partial charge is 0.468 e. The van der Waals surface area contributed by atoms with Crippen LogP contribution in [0.3, 0.4) is 0 Å². The third-order valence-corrected chi connectivity index (χ3v) is 1.86. The monoisotopic (exact) mass is 159 g/mol. The molecule has 0 radical (unpaired) electrons. The fraction of sp³-hybridized carbons (Fsp3) is 0.857. The fourth-order valence-corrected chi connectivity index (χ4v) is 1.24. The zero-order chi connectivity index (χ0) is 8.48. The summed E-state index contributed by atoms with van der Waals surface area (Å²) < 4.78 is 4.51. The van der Waals surface area contributed by atoms with Crippen LogP contribution in [0.15, 0.2) is 0 Å². The summed E-state index contributed by atoms with van der Waals surface area (Å²) in [5.74, 6) is -0.303. The van der Waals surface area contributed by atoms with Crippen molar-refractivity contribution in [1.82, 2.24) is 5.32 Å². The number of nitrogens with one attached hydrogen (secondary N) is 1. The number of ether oxygens (including phenoxy) is 1. The second-order valence-electron chi connectivity index (χ2n) is 3.16. The van der Waals surface area contributed by atoms with Crippen molar-refractivity contribution in [3.8, 4) is 0 Å². The first-order valence-electron chi connectivity index (χ1n) is 3.59. The average molecular weight is 159 g/mol. The van der Waals surface area contributed by atoms with Gasteiger partial charge in [-0.1, -0.05) is 0 Å². The number of esters is 1. The van der Waals surface area contributed by atoms with Crippen molar-refractivity contribution in [2.24, 2.45) is 0 Å². The Hall–Kier alpha value is -0.610. The Bertz CT molecular complexity index is 167. The summed E-state index contributed by atoms with van der Waals surface area (Å²) in [6, 6.07) is -0.338. The van der Waals surface area contributed by atoms with Crippen LogP contribution >= 0.6 is 0 Å². The molecule has 0 saturated carbocycles. The summed E-state index contributed by atoms with van der Waals surface area (Å²) in [4.78, 5) is 10.9. The number of carbonyl (C=O) groups excluding carboxylic acids is 1. The minimum Gasteiger partial charge on any atom is -0.468 e. The van der Waals surface area contributed by atoms with Crippen LogP contribution in [0.2, 0.25) is 0 Å². The lowest BCUT2D eigenvalue weighted by molar-refractivity contribution is -0.143. The number of carbonyl (C=O) groups is 1. The summed E-state index contributed by atoms with van der Waals surface area (Å²) in [5.41, 5.74) is -0.765. The quantitative estimate of drug-likeness (QED) is 0.495. The van der Waals surface area contributed by atoms with Crippen molar-refractivity contribution in [2.45, 2.75) is 25.0 Å². The molecule has 2 N–H and O–H groups in total. The number of aliphatic hydroxyl groups is 1. The van der Waals surface area contributed by atoms with Crippen LogP contribution < -0.4 is 5.32 Å². The first kappa shape index (κ1) is 8.49. The fourth-order valence-electron chi connectivity index (χ4n) is 1.24. The van der Waals surface area contributed by atoms with E-state index >= 15 is 0 Å². The summed E-state index contributed by atoms with van der Waals surface area (Å²) >= 11 is 0. The van der Waals surface area contributed by atoms with Crippen molar-refractivity contribution in [3.05, 3.63) is 0 Å². The van der Waals surface area contributed by atoms with Gasteiger partial charge in [0.2, 0.25) is 0 Å². The second kappa shape index (κ2) is 2.79. The van der Waals surface area contributed by atoms with Gasteiger partial charge in [-0.05, 0) is 6.92 Å². The Morgan fingerprint density at radius 1 is 1.82 bits per heavy atom. The minimum absolute atomic E-state index is 0.303. The van der Waals surface area contributed by atoms with Crippen molar-refractivity contribution in [2.75, 3.05) is 13.7 Å². The maximum absolute atomic E-state index is 10.9. The molecular formula is C7H13NO3. The van der Waals surface area contributed by atoms with Crippen molar-refractivity contribution < 1.29 is 14.6 Å². The molecule has 0 spiro atoms. The van der Waals surface area contributed by atoms with Crippen LogP contribution in [-0.4, -0.2) is 36.4 Å². The molecule has 1 aliphatic rings. The van der Waals surface area contributed by atoms with Crippen molar-refractivity contribution in [3.63, 3.8) is 0 Å². The van der Waals surface area contributed by atoms with Gasteiger partial charge >= 0.3 is 5.97 Å². The Morgan fingerprint density at radius 2 is 2.45 bits per heavy atom. The van der Waals surface area contributed by atoms with E-state index in [9.17, 15) is 9.90 Å². The first-order chi connectivity index (χ1) is 5.05. The molecule has 1 rings (SSSR count). The highest BCUT2D eigenvalue weighted by molar-refractivity contribution is 5.76. The predicted octanol–water partition coefficient (Wildman–Crippen LogP) is -0.728. The van der Waals surface area contributed by atoms with Crippen LogP contribution in [0, 0.1) is 0 Å². The van der Waals surface area contributed by atoms with E-state index in [1.807, 2.05) is 0 Å². The third-order valence-electron chi connectivity index (χ3n) is 1.86. The van der Waals surface area contributed by atoms with E-state index in [-0.39, 0.29) is 12.0 Å². The molecule has 1 fully saturated rings. The highest BCUT2D eigenvalue weighted by atomic mass is 16.5. The zero-order valence-electron chi connectivity index (χ0n) is 6.76. The Morgan fingerprint density at radius 3 is 2.82 bits per heavy atom. The van der Waals surface area contributed by atoms with Gasteiger partial charge in [0, 0.05) is 13.0 Å². The van der Waals surface area contributed by atoms with Gasteiger partial charge in [0.15, 0.2) is 0 Å². The molecule has 0 aliphatic carbocycles. The summed E-state index contributed by atoms with van der Waals surface area (Å²) in [7, 11) is 1.34. The molecule has 1 saturated heterocycles. The number of hydrogen-bond acceptors (Lipinski definition) is 4. The first-order valence-corrected chi connectivity index (χ1v) is 3.59. The average Bonchev–Trinajstić information content (AvgIpc) is 2.29. The molecule has 4 nitrogen and oxygen atoms in total. The number of rotatable bonds is 1. The van der Waals surface area contributed by atoms with Crippen LogP contribution in [-0.2, 0) is 9.53 Å². The van der Waals surface area contributed by atoms with Crippen molar-refractivity contribution in [1.29, 1.82) is 0 Å². The smallest absolute Gasteiger partial charge is 0.322 e. The molecule has 2 atom stereocenters. The van der Waals surface area contributed by atoms with Crippen LogP contribution in [0.25, 0.3) is 0 Å². The van der Waals surface area contributed by atoms with E-state index in [1.165, 1.54) is 7.11 Å². The molecule has 11 heavy (non-hydrogen) atoms. The summed E-state index contributed by atoms with van der Waals surface area (Å²) in [5, 5.41) is 12.3. The van der Waals surface area contributed by atoms with E-state index in [4.69, 9.17) is 0 Å². The summed E-state index contributed by atoms with van der Waals surface area (Å²) in [6.45, 7) is 2.15. The minimum atomic E-state index is -0.765. The lowest BCUT2D eigenvalue weighted by Crippen LogP contribution is -2.31. The van der Waals surface area contributed by atoms with Gasteiger partial charge in [-0.3, -0.25) is 4.79 Å².